The molecule has 5 heteroatoms. The van der Waals surface area contributed by atoms with Gasteiger partial charge >= 0.3 is 0 Å². The molecule has 3 nitrogen and oxygen atoms in total. The van der Waals surface area contributed by atoms with E-state index in [1.807, 2.05) is 13.8 Å². The number of hydrogen-bond donors (Lipinski definition) is 1. The van der Waals surface area contributed by atoms with Gasteiger partial charge < -0.3 is 4.18 Å². The Hall–Kier alpha value is -0.420. The monoisotopic (exact) mass is 191 g/mol. The first-order valence-corrected chi connectivity index (χ1v) is 4.07. The van der Waals surface area contributed by atoms with E-state index in [1.54, 1.807) is 0 Å². The van der Waals surface area contributed by atoms with Crippen LogP contribution in [0.4, 0.5) is 0 Å². The van der Waals surface area contributed by atoms with Crippen molar-refractivity contribution in [3.8, 4) is 0 Å². The molecule has 0 aliphatic carbocycles. The highest BCUT2D eigenvalue weighted by Crippen LogP contribution is 2.19. The maximum Gasteiger partial charge on any atom is 0.233 e. The smallest absolute Gasteiger partial charge is 0.233 e. The fourth-order valence-electron chi connectivity index (χ4n) is 0.334. The van der Waals surface area contributed by atoms with Crippen molar-refractivity contribution in [1.29, 1.82) is 0 Å². The first-order valence-electron chi connectivity index (χ1n) is 2.83. The maximum atomic E-state index is 9.76. The van der Waals surface area contributed by atoms with E-state index in [1.165, 1.54) is 17.3 Å². The summed E-state index contributed by atoms with van der Waals surface area (Å²) in [7, 11) is 0. The summed E-state index contributed by atoms with van der Waals surface area (Å²) < 4.78 is 4.69. The number of rotatable bonds is 4. The molecule has 0 aromatic carbocycles. The largest absolute Gasteiger partial charge is 0.422 e. The average Bonchev–Trinajstić information content (AvgIpc) is 1.97. The average molecular weight is 191 g/mol. The van der Waals surface area contributed by atoms with E-state index < -0.39 is 0 Å². The van der Waals surface area contributed by atoms with Gasteiger partial charge in [0, 0.05) is 12.9 Å². The van der Waals surface area contributed by atoms with Crippen LogP contribution in [-0.2, 0) is 8.98 Å². The maximum absolute atomic E-state index is 9.76. The summed E-state index contributed by atoms with van der Waals surface area (Å²) in [5, 5.41) is 0.638. The number of thiol groups is 1. The van der Waals surface area contributed by atoms with Crippen LogP contribution in [0, 0.1) is 0 Å². The third-order valence-electron chi connectivity index (χ3n) is 0.773. The van der Waals surface area contributed by atoms with Crippen molar-refractivity contribution in [2.45, 2.75) is 13.8 Å². The lowest BCUT2D eigenvalue weighted by atomic mass is 10.4. The third kappa shape index (κ3) is 4.92. The van der Waals surface area contributed by atoms with Crippen LogP contribution >= 0.6 is 24.7 Å². The lowest BCUT2D eigenvalue weighted by molar-refractivity contribution is -0.106. The molecule has 0 aliphatic rings. The summed E-state index contributed by atoms with van der Waals surface area (Å²) in [6, 6.07) is 0. The van der Waals surface area contributed by atoms with E-state index >= 15 is 0 Å². The van der Waals surface area contributed by atoms with Gasteiger partial charge in [0.15, 0.2) is 5.09 Å². The molecule has 0 heterocycles. The number of carbonyl (C=O) groups is 1. The first-order chi connectivity index (χ1) is 5.22. The van der Waals surface area contributed by atoms with Crippen molar-refractivity contribution in [2.24, 2.45) is 4.99 Å². The highest BCUT2D eigenvalue weighted by atomic mass is 32.2. The standard InChI is InChI=1S/C6H9NO2S2/c1-5(2)6(9-10)11-4-7-3-8/h3-4,10H,1-2H3. The van der Waals surface area contributed by atoms with Gasteiger partial charge in [-0.15, -0.1) is 0 Å². The van der Waals surface area contributed by atoms with Crippen molar-refractivity contribution >= 4 is 36.6 Å². The topological polar surface area (TPSA) is 38.7 Å². The molecule has 0 N–H and O–H groups in total. The van der Waals surface area contributed by atoms with E-state index in [9.17, 15) is 4.79 Å². The third-order valence-corrected chi connectivity index (χ3v) is 2.01. The van der Waals surface area contributed by atoms with Gasteiger partial charge in [-0.25, -0.2) is 4.99 Å². The molecule has 0 atom stereocenters. The molecule has 0 spiro atoms. The zero-order valence-electron chi connectivity index (χ0n) is 6.27. The molecule has 62 valence electrons. The fourth-order valence-corrected chi connectivity index (χ4v) is 1.13. The Morgan fingerprint density at radius 1 is 1.64 bits per heavy atom. The van der Waals surface area contributed by atoms with Gasteiger partial charge in [-0.2, -0.15) is 0 Å². The number of aliphatic imine (C=N–C) groups is 1. The number of amides is 1. The van der Waals surface area contributed by atoms with Crippen LogP contribution in [0.1, 0.15) is 13.8 Å². The molecule has 0 aromatic heterocycles. The molecule has 0 saturated heterocycles. The molecule has 0 saturated carbocycles. The van der Waals surface area contributed by atoms with Crippen molar-refractivity contribution in [3.63, 3.8) is 0 Å². The normalized spacial score (nSPS) is 9.73. The van der Waals surface area contributed by atoms with Gasteiger partial charge in [0.2, 0.25) is 6.41 Å². The highest BCUT2D eigenvalue weighted by molar-refractivity contribution is 8.15. The van der Waals surface area contributed by atoms with Crippen molar-refractivity contribution in [1.82, 2.24) is 0 Å². The molecule has 0 fully saturated rings. The SMILES string of the molecule is CC(C)=C(OS)SC=NC=O. The van der Waals surface area contributed by atoms with Crippen molar-refractivity contribution in [2.75, 3.05) is 0 Å². The van der Waals surface area contributed by atoms with Crippen LogP contribution in [0.25, 0.3) is 0 Å². The Morgan fingerprint density at radius 3 is 2.64 bits per heavy atom. The molecule has 1 amide bonds. The Kier molecular flexibility index (Phi) is 6.06. The zero-order valence-corrected chi connectivity index (χ0v) is 7.98. The Bertz CT molecular complexity index is 185. The van der Waals surface area contributed by atoms with Crippen LogP contribution in [0.15, 0.2) is 15.7 Å². The van der Waals surface area contributed by atoms with Crippen LogP contribution in [0.2, 0.25) is 0 Å². The molecule has 0 aromatic rings. The molecule has 0 rings (SSSR count). The molecule has 0 bridgehead atoms. The molecule has 11 heavy (non-hydrogen) atoms. The molecular weight excluding hydrogens is 182 g/mol. The Morgan fingerprint density at radius 2 is 2.27 bits per heavy atom. The summed E-state index contributed by atoms with van der Waals surface area (Å²) in [5.74, 6) is 0. The van der Waals surface area contributed by atoms with Crippen molar-refractivity contribution in [3.05, 3.63) is 10.7 Å². The number of carbonyl (C=O) groups excluding carboxylic acids is 1. The quantitative estimate of drug-likeness (QED) is 0.184. The van der Waals surface area contributed by atoms with E-state index in [0.717, 1.165) is 5.57 Å². The second-order valence-corrected chi connectivity index (χ2v) is 2.86. The summed E-state index contributed by atoms with van der Waals surface area (Å²) in [4.78, 5) is 13.1. The lowest BCUT2D eigenvalue weighted by Crippen LogP contribution is -1.80. The minimum atomic E-state index is 0.466. The van der Waals surface area contributed by atoms with Gasteiger partial charge in [0.05, 0.1) is 5.55 Å². The predicted octanol–water partition coefficient (Wildman–Crippen LogP) is 2.02. The number of nitrogens with zero attached hydrogens (tertiary/aromatic N) is 1. The van der Waals surface area contributed by atoms with Gasteiger partial charge in [-0.3, -0.25) is 4.79 Å². The first kappa shape index (κ1) is 10.6. The molecule has 0 aliphatic heterocycles. The summed E-state index contributed by atoms with van der Waals surface area (Å²) in [5.41, 5.74) is 2.38. The Balaban J connectivity index is 4.00. The second kappa shape index (κ2) is 6.30. The van der Waals surface area contributed by atoms with E-state index in [0.29, 0.717) is 11.5 Å². The molecular formula is C6H9NO2S2. The fraction of sp³-hybridized carbons (Fsp3) is 0.333. The summed E-state index contributed by atoms with van der Waals surface area (Å²) >= 11 is 4.84. The van der Waals surface area contributed by atoms with Crippen LogP contribution < -0.4 is 0 Å². The zero-order chi connectivity index (χ0) is 8.69. The molecule has 0 unspecified atom stereocenters. The number of thioether (sulfide) groups is 1. The number of hydrogen-bond acceptors (Lipinski definition) is 4. The van der Waals surface area contributed by atoms with Gasteiger partial charge in [0.1, 0.15) is 0 Å². The van der Waals surface area contributed by atoms with E-state index in [4.69, 9.17) is 0 Å². The highest BCUT2D eigenvalue weighted by Gasteiger charge is 1.96. The van der Waals surface area contributed by atoms with Crippen molar-refractivity contribution < 1.29 is 8.98 Å². The van der Waals surface area contributed by atoms with Crippen LogP contribution in [0.5, 0.6) is 0 Å². The van der Waals surface area contributed by atoms with E-state index in [-0.39, 0.29) is 0 Å². The predicted molar refractivity (Wildman–Crippen MR) is 50.6 cm³/mol. The summed E-state index contributed by atoms with van der Waals surface area (Å²) in [6.45, 7) is 3.76. The van der Waals surface area contributed by atoms with Crippen LogP contribution in [0.3, 0.4) is 0 Å². The minimum Gasteiger partial charge on any atom is -0.422 e. The Labute approximate surface area is 75.5 Å². The van der Waals surface area contributed by atoms with Gasteiger partial charge in [0.25, 0.3) is 0 Å². The van der Waals surface area contributed by atoms with Crippen LogP contribution in [-0.4, -0.2) is 12.0 Å². The lowest BCUT2D eigenvalue weighted by Gasteiger charge is -2.00. The second-order valence-electron chi connectivity index (χ2n) is 1.86. The van der Waals surface area contributed by atoms with E-state index in [2.05, 4.69) is 22.1 Å². The number of allylic oxidation sites excluding steroid dienone is 1. The minimum absolute atomic E-state index is 0.466. The summed E-state index contributed by atoms with van der Waals surface area (Å²) in [6.07, 6.45) is 0.466. The van der Waals surface area contributed by atoms with Gasteiger partial charge in [-0.1, -0.05) is 0 Å². The van der Waals surface area contributed by atoms with Gasteiger partial charge in [-0.05, 0) is 31.2 Å². The molecule has 0 radical (unpaired) electrons.